The van der Waals surface area contributed by atoms with Gasteiger partial charge in [-0.15, -0.1) is 0 Å². The standard InChI is InChI=1S/C20H17Cl2N3O5/c1-10(25-19(28)13-7-15(21)16(22)8-14(13)20(25)29)18(27)24-12-5-3-4-11(6-12)23-17(26)9-30-2/h3-8,10H,9H2,1-2H3,(H,23,26)(H,24,27). The van der Waals surface area contributed by atoms with Gasteiger partial charge in [0.2, 0.25) is 11.8 Å². The zero-order valence-electron chi connectivity index (χ0n) is 16.0. The van der Waals surface area contributed by atoms with E-state index < -0.39 is 23.8 Å². The van der Waals surface area contributed by atoms with E-state index in [-0.39, 0.29) is 33.7 Å². The summed E-state index contributed by atoms with van der Waals surface area (Å²) < 4.78 is 4.75. The molecule has 0 spiro atoms. The molecule has 0 saturated carbocycles. The van der Waals surface area contributed by atoms with Crippen LogP contribution in [0.2, 0.25) is 10.0 Å². The Hall–Kier alpha value is -2.94. The summed E-state index contributed by atoms with van der Waals surface area (Å²) in [6.45, 7) is 1.33. The lowest BCUT2D eigenvalue weighted by Crippen LogP contribution is -2.45. The Morgan fingerprint density at radius 3 is 2.07 bits per heavy atom. The minimum Gasteiger partial charge on any atom is -0.375 e. The summed E-state index contributed by atoms with van der Waals surface area (Å²) >= 11 is 11.9. The predicted octanol–water partition coefficient (Wildman–Crippen LogP) is 3.20. The number of benzene rings is 2. The number of ether oxygens (including phenoxy) is 1. The van der Waals surface area contributed by atoms with E-state index in [9.17, 15) is 19.2 Å². The lowest BCUT2D eigenvalue weighted by atomic mass is 10.1. The minimum absolute atomic E-state index is 0.0944. The maximum absolute atomic E-state index is 12.7. The lowest BCUT2D eigenvalue weighted by molar-refractivity contribution is -0.120. The molecule has 2 aromatic carbocycles. The highest BCUT2D eigenvalue weighted by Gasteiger charge is 2.41. The predicted molar refractivity (Wildman–Crippen MR) is 112 cm³/mol. The van der Waals surface area contributed by atoms with Crippen molar-refractivity contribution in [2.75, 3.05) is 24.4 Å². The smallest absolute Gasteiger partial charge is 0.262 e. The average Bonchev–Trinajstić information content (AvgIpc) is 2.92. The Labute approximate surface area is 182 Å². The molecule has 4 amide bonds. The molecule has 1 aliphatic rings. The number of anilines is 2. The highest BCUT2D eigenvalue weighted by atomic mass is 35.5. The van der Waals surface area contributed by atoms with Gasteiger partial charge in [0, 0.05) is 18.5 Å². The van der Waals surface area contributed by atoms with Crippen molar-refractivity contribution in [3.63, 3.8) is 0 Å². The van der Waals surface area contributed by atoms with Crippen LogP contribution < -0.4 is 10.6 Å². The Kier molecular flexibility index (Phi) is 6.40. The summed E-state index contributed by atoms with van der Waals surface area (Å²) in [4.78, 5) is 50.5. The normalized spacial score (nSPS) is 13.8. The molecule has 1 aliphatic heterocycles. The van der Waals surface area contributed by atoms with Crippen molar-refractivity contribution in [3.8, 4) is 0 Å². The summed E-state index contributed by atoms with van der Waals surface area (Å²) in [5, 5.41) is 5.54. The average molecular weight is 450 g/mol. The van der Waals surface area contributed by atoms with Gasteiger partial charge in [-0.05, 0) is 37.3 Å². The summed E-state index contributed by atoms with van der Waals surface area (Å²) in [7, 11) is 1.40. The van der Waals surface area contributed by atoms with Crippen LogP contribution in [0.1, 0.15) is 27.6 Å². The van der Waals surface area contributed by atoms with Gasteiger partial charge in [0.05, 0.1) is 21.2 Å². The zero-order valence-corrected chi connectivity index (χ0v) is 17.5. The highest BCUT2D eigenvalue weighted by molar-refractivity contribution is 6.43. The van der Waals surface area contributed by atoms with E-state index in [1.807, 2.05) is 0 Å². The fraction of sp³-hybridized carbons (Fsp3) is 0.200. The van der Waals surface area contributed by atoms with Crippen LogP contribution >= 0.6 is 23.2 Å². The molecule has 156 valence electrons. The van der Waals surface area contributed by atoms with Crippen LogP contribution in [0.25, 0.3) is 0 Å². The number of halogens is 2. The quantitative estimate of drug-likeness (QED) is 0.658. The molecule has 0 aromatic heterocycles. The molecule has 0 radical (unpaired) electrons. The van der Waals surface area contributed by atoms with E-state index in [0.717, 1.165) is 4.90 Å². The second kappa shape index (κ2) is 8.83. The number of hydrogen-bond acceptors (Lipinski definition) is 5. The number of methoxy groups -OCH3 is 1. The molecule has 10 heteroatoms. The summed E-state index contributed by atoms with van der Waals surface area (Å²) in [5.74, 6) is -2.19. The van der Waals surface area contributed by atoms with Crippen molar-refractivity contribution in [1.29, 1.82) is 0 Å². The zero-order chi connectivity index (χ0) is 22.0. The van der Waals surface area contributed by atoms with Gasteiger partial charge in [-0.3, -0.25) is 24.1 Å². The molecule has 0 fully saturated rings. The number of imide groups is 1. The fourth-order valence-electron chi connectivity index (χ4n) is 2.97. The third-order valence-electron chi connectivity index (χ3n) is 4.41. The number of carbonyl (C=O) groups is 4. The summed E-state index contributed by atoms with van der Waals surface area (Å²) in [6.07, 6.45) is 0. The number of nitrogens with zero attached hydrogens (tertiary/aromatic N) is 1. The third kappa shape index (κ3) is 4.30. The monoisotopic (exact) mass is 449 g/mol. The maximum atomic E-state index is 12.7. The number of rotatable bonds is 6. The number of amides is 4. The Balaban J connectivity index is 1.75. The van der Waals surface area contributed by atoms with Crippen molar-refractivity contribution >= 4 is 58.2 Å². The first kappa shape index (κ1) is 21.8. The molecule has 3 rings (SSSR count). The van der Waals surface area contributed by atoms with Gasteiger partial charge in [0.15, 0.2) is 0 Å². The van der Waals surface area contributed by atoms with Gasteiger partial charge in [0.25, 0.3) is 11.8 Å². The van der Waals surface area contributed by atoms with Crippen LogP contribution in [0.3, 0.4) is 0 Å². The topological polar surface area (TPSA) is 105 Å². The molecule has 0 bridgehead atoms. The van der Waals surface area contributed by atoms with E-state index in [0.29, 0.717) is 11.4 Å². The molecule has 8 nitrogen and oxygen atoms in total. The number of fused-ring (bicyclic) bond motifs is 1. The molecular weight excluding hydrogens is 433 g/mol. The van der Waals surface area contributed by atoms with E-state index in [4.69, 9.17) is 27.9 Å². The molecule has 1 heterocycles. The van der Waals surface area contributed by atoms with E-state index in [1.54, 1.807) is 24.3 Å². The maximum Gasteiger partial charge on any atom is 0.262 e. The Morgan fingerprint density at radius 1 is 1.00 bits per heavy atom. The van der Waals surface area contributed by atoms with Crippen LogP contribution in [0, 0.1) is 0 Å². The van der Waals surface area contributed by atoms with Crippen molar-refractivity contribution in [3.05, 3.63) is 57.6 Å². The molecule has 2 N–H and O–H groups in total. The van der Waals surface area contributed by atoms with Crippen LogP contribution in [-0.2, 0) is 14.3 Å². The minimum atomic E-state index is -1.10. The van der Waals surface area contributed by atoms with E-state index in [2.05, 4.69) is 10.6 Å². The number of carbonyl (C=O) groups excluding carboxylic acids is 4. The molecule has 0 aliphatic carbocycles. The SMILES string of the molecule is COCC(=O)Nc1cccc(NC(=O)C(C)N2C(=O)c3cc(Cl)c(Cl)cc3C2=O)c1. The Morgan fingerprint density at radius 2 is 1.53 bits per heavy atom. The molecular formula is C20H17Cl2N3O5. The van der Waals surface area contributed by atoms with Crippen LogP contribution in [0.5, 0.6) is 0 Å². The first-order chi connectivity index (χ1) is 14.2. The lowest BCUT2D eigenvalue weighted by Gasteiger charge is -2.21. The van der Waals surface area contributed by atoms with Gasteiger partial charge in [-0.2, -0.15) is 0 Å². The van der Waals surface area contributed by atoms with Gasteiger partial charge < -0.3 is 15.4 Å². The van der Waals surface area contributed by atoms with Crippen molar-refractivity contribution in [2.45, 2.75) is 13.0 Å². The van der Waals surface area contributed by atoms with Crippen molar-refractivity contribution < 1.29 is 23.9 Å². The number of hydrogen-bond donors (Lipinski definition) is 2. The second-order valence-electron chi connectivity index (χ2n) is 6.52. The van der Waals surface area contributed by atoms with Gasteiger partial charge in [-0.25, -0.2) is 0 Å². The highest BCUT2D eigenvalue weighted by Crippen LogP contribution is 2.32. The van der Waals surface area contributed by atoms with E-state index in [1.165, 1.54) is 26.2 Å². The second-order valence-corrected chi connectivity index (χ2v) is 7.33. The summed E-state index contributed by atoms with van der Waals surface area (Å²) in [5.41, 5.74) is 1.02. The number of nitrogens with one attached hydrogen (secondary N) is 2. The van der Waals surface area contributed by atoms with Gasteiger partial charge >= 0.3 is 0 Å². The fourth-order valence-corrected chi connectivity index (χ4v) is 3.30. The molecule has 30 heavy (non-hydrogen) atoms. The molecule has 2 aromatic rings. The largest absolute Gasteiger partial charge is 0.375 e. The Bertz CT molecular complexity index is 1020. The summed E-state index contributed by atoms with van der Waals surface area (Å²) in [6, 6.07) is 7.96. The van der Waals surface area contributed by atoms with E-state index >= 15 is 0 Å². The van der Waals surface area contributed by atoms with Crippen molar-refractivity contribution in [1.82, 2.24) is 4.90 Å². The van der Waals surface area contributed by atoms with Crippen LogP contribution in [0.15, 0.2) is 36.4 Å². The molecule has 1 unspecified atom stereocenters. The van der Waals surface area contributed by atoms with Gasteiger partial charge in [-0.1, -0.05) is 29.3 Å². The first-order valence-electron chi connectivity index (χ1n) is 8.79. The van der Waals surface area contributed by atoms with Crippen LogP contribution in [-0.4, -0.2) is 48.3 Å². The van der Waals surface area contributed by atoms with Crippen molar-refractivity contribution in [2.24, 2.45) is 0 Å². The van der Waals surface area contributed by atoms with Gasteiger partial charge in [0.1, 0.15) is 12.6 Å². The first-order valence-corrected chi connectivity index (χ1v) is 9.55. The van der Waals surface area contributed by atoms with Crippen LogP contribution in [0.4, 0.5) is 11.4 Å². The third-order valence-corrected chi connectivity index (χ3v) is 5.14. The molecule has 1 atom stereocenters. The molecule has 0 saturated heterocycles.